The first kappa shape index (κ1) is 13.4. The summed E-state index contributed by atoms with van der Waals surface area (Å²) in [6, 6.07) is 0. The Labute approximate surface area is 103 Å². The number of nitrogens with two attached hydrogens (primary N) is 1. The second kappa shape index (κ2) is 6.13. The molecule has 0 saturated heterocycles. The summed E-state index contributed by atoms with van der Waals surface area (Å²) in [5, 5.41) is 2.95. The van der Waals surface area contributed by atoms with Crippen LogP contribution in [-0.4, -0.2) is 12.4 Å². The van der Waals surface area contributed by atoms with E-state index in [1.807, 2.05) is 26.8 Å². The molecule has 0 heterocycles. The highest BCUT2D eigenvalue weighted by Gasteiger charge is 2.13. The lowest BCUT2D eigenvalue weighted by molar-refractivity contribution is 0.153. The van der Waals surface area contributed by atoms with Crippen molar-refractivity contribution in [2.75, 3.05) is 0 Å². The van der Waals surface area contributed by atoms with Crippen molar-refractivity contribution in [3.8, 4) is 0 Å². The van der Waals surface area contributed by atoms with E-state index < -0.39 is 0 Å². The molecule has 0 radical (unpaired) electrons. The fraction of sp³-hybridized carbons (Fsp3) is 0.462. The molecule has 0 aromatic carbocycles. The van der Waals surface area contributed by atoms with Crippen molar-refractivity contribution in [3.05, 3.63) is 35.5 Å². The lowest BCUT2D eigenvalue weighted by Gasteiger charge is -2.18. The Bertz CT molecular complexity index is 378. The normalized spacial score (nSPS) is 16.4. The van der Waals surface area contributed by atoms with Crippen molar-refractivity contribution < 1.29 is 4.74 Å². The number of aliphatic imine (C=N–C) groups is 1. The Hall–Kier alpha value is -1.71. The zero-order valence-electron chi connectivity index (χ0n) is 10.8. The third kappa shape index (κ3) is 4.76. The van der Waals surface area contributed by atoms with Crippen LogP contribution in [0.2, 0.25) is 0 Å². The average Bonchev–Trinajstić information content (AvgIpc) is 2.20. The highest BCUT2D eigenvalue weighted by atomic mass is 16.5. The average molecular weight is 235 g/mol. The molecule has 0 atom stereocenters. The Kier molecular flexibility index (Phi) is 4.82. The van der Waals surface area contributed by atoms with E-state index in [4.69, 9.17) is 10.5 Å². The Balaban J connectivity index is 2.81. The first-order chi connectivity index (χ1) is 7.99. The maximum absolute atomic E-state index is 5.81. The van der Waals surface area contributed by atoms with Gasteiger partial charge in [-0.2, -0.15) is 0 Å². The van der Waals surface area contributed by atoms with Crippen molar-refractivity contribution in [2.24, 2.45) is 10.7 Å². The number of nitrogens with zero attached hydrogens (tertiary/aromatic N) is 1. The van der Waals surface area contributed by atoms with Gasteiger partial charge in [0.2, 0.25) is 0 Å². The highest BCUT2D eigenvalue weighted by Crippen LogP contribution is 2.24. The van der Waals surface area contributed by atoms with Crippen LogP contribution in [-0.2, 0) is 4.74 Å². The standard InChI is InChI=1S/C13H21N3O/c1-9(2)15-8-16-12-6-5-11(14)7-13(12)17-10(3)4/h7-8,10H,1,5-6,14H2,2-4H3,(H,15,16). The Morgan fingerprint density at radius 2 is 2.29 bits per heavy atom. The van der Waals surface area contributed by atoms with Crippen LogP contribution in [0.4, 0.5) is 0 Å². The van der Waals surface area contributed by atoms with Gasteiger partial charge in [0, 0.05) is 17.5 Å². The third-order valence-corrected chi connectivity index (χ3v) is 2.15. The number of nitrogens with one attached hydrogen (secondary N) is 1. The van der Waals surface area contributed by atoms with Crippen molar-refractivity contribution in [3.63, 3.8) is 0 Å². The van der Waals surface area contributed by atoms with Gasteiger partial charge in [0.05, 0.1) is 18.1 Å². The lowest BCUT2D eigenvalue weighted by Crippen LogP contribution is -2.12. The minimum Gasteiger partial charge on any atom is -0.489 e. The quantitative estimate of drug-likeness (QED) is 0.568. The van der Waals surface area contributed by atoms with Crippen molar-refractivity contribution in [1.29, 1.82) is 0 Å². The molecule has 1 rings (SSSR count). The molecule has 94 valence electrons. The molecule has 17 heavy (non-hydrogen) atoms. The van der Waals surface area contributed by atoms with Crippen LogP contribution in [0, 0.1) is 0 Å². The molecule has 4 heteroatoms. The number of allylic oxidation sites excluding steroid dienone is 4. The molecule has 4 nitrogen and oxygen atoms in total. The third-order valence-electron chi connectivity index (χ3n) is 2.15. The van der Waals surface area contributed by atoms with E-state index in [2.05, 4.69) is 16.9 Å². The summed E-state index contributed by atoms with van der Waals surface area (Å²) in [5.74, 6) is 0.767. The molecule has 0 saturated carbocycles. The van der Waals surface area contributed by atoms with E-state index in [1.165, 1.54) is 0 Å². The minimum atomic E-state index is 0.117. The molecule has 1 aliphatic carbocycles. The first-order valence-electron chi connectivity index (χ1n) is 5.79. The molecular weight excluding hydrogens is 214 g/mol. The minimum absolute atomic E-state index is 0.117. The topological polar surface area (TPSA) is 59.6 Å². The maximum atomic E-state index is 5.81. The van der Waals surface area contributed by atoms with Crippen LogP contribution in [0.3, 0.4) is 0 Å². The highest BCUT2D eigenvalue weighted by molar-refractivity contribution is 5.59. The summed E-state index contributed by atoms with van der Waals surface area (Å²) >= 11 is 0. The largest absolute Gasteiger partial charge is 0.489 e. The molecular formula is C13H21N3O. The van der Waals surface area contributed by atoms with Gasteiger partial charge in [0.15, 0.2) is 0 Å². The fourth-order valence-electron chi connectivity index (χ4n) is 1.41. The van der Waals surface area contributed by atoms with Crippen molar-refractivity contribution in [2.45, 2.75) is 39.7 Å². The predicted molar refractivity (Wildman–Crippen MR) is 71.2 cm³/mol. The van der Waals surface area contributed by atoms with Gasteiger partial charge in [0.25, 0.3) is 0 Å². The van der Waals surface area contributed by atoms with Gasteiger partial charge in [-0.05, 0) is 33.6 Å². The monoisotopic (exact) mass is 235 g/mol. The number of ether oxygens (including phenoxy) is 1. The molecule has 0 amide bonds. The zero-order valence-corrected chi connectivity index (χ0v) is 10.8. The first-order valence-corrected chi connectivity index (χ1v) is 5.79. The molecule has 0 spiro atoms. The Morgan fingerprint density at radius 3 is 2.88 bits per heavy atom. The molecule has 0 unspecified atom stereocenters. The van der Waals surface area contributed by atoms with Crippen LogP contribution in [0.1, 0.15) is 33.6 Å². The molecule has 1 aliphatic rings. The van der Waals surface area contributed by atoms with E-state index in [1.54, 1.807) is 6.34 Å². The maximum Gasteiger partial charge on any atom is 0.142 e. The van der Waals surface area contributed by atoms with Gasteiger partial charge in [-0.25, -0.2) is 4.99 Å². The molecule has 3 N–H and O–H groups in total. The molecule has 0 aliphatic heterocycles. The number of hydrogen-bond donors (Lipinski definition) is 2. The molecule has 0 aromatic rings. The van der Waals surface area contributed by atoms with Gasteiger partial charge in [-0.3, -0.25) is 0 Å². The van der Waals surface area contributed by atoms with Gasteiger partial charge in [-0.15, -0.1) is 0 Å². The molecule has 0 fully saturated rings. The van der Waals surface area contributed by atoms with Crippen LogP contribution in [0.15, 0.2) is 40.5 Å². The van der Waals surface area contributed by atoms with Crippen molar-refractivity contribution in [1.82, 2.24) is 5.32 Å². The van der Waals surface area contributed by atoms with Gasteiger partial charge in [-0.1, -0.05) is 6.58 Å². The fourth-order valence-corrected chi connectivity index (χ4v) is 1.41. The lowest BCUT2D eigenvalue weighted by atomic mass is 10.1. The van der Waals surface area contributed by atoms with Crippen LogP contribution in [0.5, 0.6) is 0 Å². The number of hydrogen-bond acceptors (Lipinski definition) is 3. The SMILES string of the molecule is C=C(C)NC=NC1=C(OC(C)C)C=C(N)CC1. The van der Waals surface area contributed by atoms with E-state index >= 15 is 0 Å². The van der Waals surface area contributed by atoms with Gasteiger partial charge < -0.3 is 15.8 Å². The summed E-state index contributed by atoms with van der Waals surface area (Å²) in [4.78, 5) is 4.35. The van der Waals surface area contributed by atoms with Crippen molar-refractivity contribution >= 4 is 6.34 Å². The predicted octanol–water partition coefficient (Wildman–Crippen LogP) is 2.41. The van der Waals surface area contributed by atoms with Crippen LogP contribution in [0.25, 0.3) is 0 Å². The Morgan fingerprint density at radius 1 is 1.59 bits per heavy atom. The zero-order chi connectivity index (χ0) is 12.8. The van der Waals surface area contributed by atoms with E-state index in [-0.39, 0.29) is 6.10 Å². The summed E-state index contributed by atoms with van der Waals surface area (Å²) in [5.41, 5.74) is 8.42. The van der Waals surface area contributed by atoms with Gasteiger partial charge in [0.1, 0.15) is 5.76 Å². The summed E-state index contributed by atoms with van der Waals surface area (Å²) in [6.07, 6.45) is 5.24. The molecule has 0 aromatic heterocycles. The summed E-state index contributed by atoms with van der Waals surface area (Å²) in [6.45, 7) is 9.59. The molecule has 0 bridgehead atoms. The summed E-state index contributed by atoms with van der Waals surface area (Å²) in [7, 11) is 0. The smallest absolute Gasteiger partial charge is 0.142 e. The van der Waals surface area contributed by atoms with Gasteiger partial charge >= 0.3 is 0 Å². The van der Waals surface area contributed by atoms with E-state index in [9.17, 15) is 0 Å². The summed E-state index contributed by atoms with van der Waals surface area (Å²) < 4.78 is 5.69. The second-order valence-electron chi connectivity index (χ2n) is 4.38. The van der Waals surface area contributed by atoms with Crippen LogP contribution >= 0.6 is 0 Å². The van der Waals surface area contributed by atoms with E-state index in [0.717, 1.165) is 35.7 Å². The number of rotatable bonds is 5. The van der Waals surface area contributed by atoms with E-state index in [0.29, 0.717) is 0 Å². The van der Waals surface area contributed by atoms with Crippen LogP contribution < -0.4 is 11.1 Å². The second-order valence-corrected chi connectivity index (χ2v) is 4.38.